The molecule has 1 N–H and O–H groups in total. The van der Waals surface area contributed by atoms with Gasteiger partial charge in [-0.3, -0.25) is 9.48 Å². The van der Waals surface area contributed by atoms with Crippen LogP contribution in [0.25, 0.3) is 0 Å². The standard InChI is InChI=1S/C13H23N3OS/c1-10-11(2)15-16(12(10)3)8-5-7-14-13(17)6-9-18-4/h5-9H2,1-4H3,(H,14,17). The summed E-state index contributed by atoms with van der Waals surface area (Å²) in [6.07, 6.45) is 3.55. The van der Waals surface area contributed by atoms with Crippen molar-refractivity contribution < 1.29 is 4.79 Å². The average Bonchev–Trinajstić information content (AvgIpc) is 2.60. The first kappa shape index (κ1) is 15.1. The third-order valence-corrected chi connectivity index (χ3v) is 3.76. The van der Waals surface area contributed by atoms with Crippen molar-refractivity contribution >= 4 is 17.7 Å². The van der Waals surface area contributed by atoms with Gasteiger partial charge in [-0.25, -0.2) is 0 Å². The van der Waals surface area contributed by atoms with E-state index >= 15 is 0 Å². The molecule has 0 aliphatic rings. The van der Waals surface area contributed by atoms with Crippen LogP contribution >= 0.6 is 11.8 Å². The topological polar surface area (TPSA) is 46.9 Å². The van der Waals surface area contributed by atoms with Crippen LogP contribution in [0.2, 0.25) is 0 Å². The maximum atomic E-state index is 11.4. The van der Waals surface area contributed by atoms with Crippen molar-refractivity contribution in [3.8, 4) is 0 Å². The zero-order chi connectivity index (χ0) is 13.5. The molecule has 0 aliphatic heterocycles. The van der Waals surface area contributed by atoms with E-state index in [0.717, 1.165) is 31.0 Å². The van der Waals surface area contributed by atoms with Crippen molar-refractivity contribution in [2.75, 3.05) is 18.6 Å². The summed E-state index contributed by atoms with van der Waals surface area (Å²) in [4.78, 5) is 11.4. The molecule has 1 aromatic rings. The van der Waals surface area contributed by atoms with Crippen LogP contribution < -0.4 is 5.32 Å². The highest BCUT2D eigenvalue weighted by atomic mass is 32.2. The average molecular weight is 269 g/mol. The minimum atomic E-state index is 0.147. The van der Waals surface area contributed by atoms with E-state index < -0.39 is 0 Å². The third-order valence-electron chi connectivity index (χ3n) is 3.15. The normalized spacial score (nSPS) is 10.7. The first-order chi connectivity index (χ1) is 8.56. The number of rotatable bonds is 7. The lowest BCUT2D eigenvalue weighted by atomic mass is 10.2. The molecule has 1 amide bonds. The Kier molecular flexibility index (Phi) is 6.25. The molecule has 0 unspecified atom stereocenters. The molecule has 0 saturated carbocycles. The van der Waals surface area contributed by atoms with Gasteiger partial charge >= 0.3 is 0 Å². The molecule has 102 valence electrons. The number of carbonyl (C=O) groups is 1. The summed E-state index contributed by atoms with van der Waals surface area (Å²) in [6, 6.07) is 0. The zero-order valence-corrected chi connectivity index (χ0v) is 12.6. The SMILES string of the molecule is CSCCC(=O)NCCCn1nc(C)c(C)c1C. The predicted molar refractivity (Wildman–Crippen MR) is 77.1 cm³/mol. The van der Waals surface area contributed by atoms with E-state index in [0.29, 0.717) is 6.42 Å². The van der Waals surface area contributed by atoms with E-state index in [4.69, 9.17) is 0 Å². The zero-order valence-electron chi connectivity index (χ0n) is 11.7. The van der Waals surface area contributed by atoms with Crippen LogP contribution in [0.5, 0.6) is 0 Å². The lowest BCUT2D eigenvalue weighted by Gasteiger charge is -2.06. The summed E-state index contributed by atoms with van der Waals surface area (Å²) in [5.41, 5.74) is 3.58. The molecule has 4 nitrogen and oxygen atoms in total. The Morgan fingerprint density at radius 1 is 1.39 bits per heavy atom. The summed E-state index contributed by atoms with van der Waals surface area (Å²) in [5.74, 6) is 1.04. The van der Waals surface area contributed by atoms with Crippen molar-refractivity contribution in [1.82, 2.24) is 15.1 Å². The van der Waals surface area contributed by atoms with Crippen LogP contribution in [-0.4, -0.2) is 34.2 Å². The van der Waals surface area contributed by atoms with Gasteiger partial charge in [0.15, 0.2) is 0 Å². The third kappa shape index (κ3) is 4.37. The van der Waals surface area contributed by atoms with Gasteiger partial charge in [0.2, 0.25) is 5.91 Å². The number of thioether (sulfide) groups is 1. The summed E-state index contributed by atoms with van der Waals surface area (Å²) >= 11 is 1.70. The molecule has 0 bridgehead atoms. The molecule has 1 rings (SSSR count). The van der Waals surface area contributed by atoms with Crippen LogP contribution in [0.4, 0.5) is 0 Å². The van der Waals surface area contributed by atoms with Gasteiger partial charge in [0.1, 0.15) is 0 Å². The molecule has 0 spiro atoms. The first-order valence-corrected chi connectivity index (χ1v) is 7.72. The highest BCUT2D eigenvalue weighted by molar-refractivity contribution is 7.98. The number of nitrogens with one attached hydrogen (secondary N) is 1. The predicted octanol–water partition coefficient (Wildman–Crippen LogP) is 2.07. The number of hydrogen-bond acceptors (Lipinski definition) is 3. The van der Waals surface area contributed by atoms with Crippen molar-refractivity contribution in [1.29, 1.82) is 0 Å². The second-order valence-corrected chi connectivity index (χ2v) is 5.45. The molecular formula is C13H23N3OS. The number of hydrogen-bond donors (Lipinski definition) is 1. The van der Waals surface area contributed by atoms with Crippen molar-refractivity contribution in [3.63, 3.8) is 0 Å². The molecule has 0 radical (unpaired) electrons. The largest absolute Gasteiger partial charge is 0.356 e. The first-order valence-electron chi connectivity index (χ1n) is 6.32. The van der Waals surface area contributed by atoms with E-state index in [2.05, 4.69) is 24.3 Å². The van der Waals surface area contributed by atoms with E-state index in [1.165, 1.54) is 11.3 Å². The fourth-order valence-corrected chi connectivity index (χ4v) is 2.13. The lowest BCUT2D eigenvalue weighted by Crippen LogP contribution is -2.25. The smallest absolute Gasteiger partial charge is 0.220 e. The molecule has 1 heterocycles. The Labute approximate surface area is 114 Å². The molecule has 0 saturated heterocycles. The van der Waals surface area contributed by atoms with Crippen LogP contribution in [0.1, 0.15) is 29.8 Å². The highest BCUT2D eigenvalue weighted by Gasteiger charge is 2.06. The number of aryl methyl sites for hydroxylation is 2. The van der Waals surface area contributed by atoms with Crippen LogP contribution in [0.3, 0.4) is 0 Å². The van der Waals surface area contributed by atoms with Gasteiger partial charge in [-0.2, -0.15) is 16.9 Å². The van der Waals surface area contributed by atoms with E-state index in [1.807, 2.05) is 17.9 Å². The monoisotopic (exact) mass is 269 g/mol. The molecule has 0 atom stereocenters. The summed E-state index contributed by atoms with van der Waals surface area (Å²) in [6.45, 7) is 7.81. The molecule has 5 heteroatoms. The Bertz CT molecular complexity index is 401. The molecule has 0 aliphatic carbocycles. The van der Waals surface area contributed by atoms with Gasteiger partial charge in [0, 0.05) is 31.0 Å². The Morgan fingerprint density at radius 3 is 2.67 bits per heavy atom. The van der Waals surface area contributed by atoms with E-state index in [9.17, 15) is 4.79 Å². The Morgan fingerprint density at radius 2 is 2.11 bits per heavy atom. The van der Waals surface area contributed by atoms with E-state index in [1.54, 1.807) is 11.8 Å². The van der Waals surface area contributed by atoms with Crippen LogP contribution in [0.15, 0.2) is 0 Å². The fraction of sp³-hybridized carbons (Fsp3) is 0.692. The number of aromatic nitrogens is 2. The van der Waals surface area contributed by atoms with Gasteiger partial charge in [-0.15, -0.1) is 0 Å². The molecule has 0 fully saturated rings. The number of nitrogens with zero attached hydrogens (tertiary/aromatic N) is 2. The Balaban J connectivity index is 2.25. The summed E-state index contributed by atoms with van der Waals surface area (Å²) in [7, 11) is 0. The maximum absolute atomic E-state index is 11.4. The second-order valence-electron chi connectivity index (χ2n) is 4.47. The van der Waals surface area contributed by atoms with Crippen molar-refractivity contribution in [2.45, 2.75) is 40.2 Å². The van der Waals surface area contributed by atoms with Gasteiger partial charge in [-0.1, -0.05) is 0 Å². The van der Waals surface area contributed by atoms with E-state index in [-0.39, 0.29) is 5.91 Å². The summed E-state index contributed by atoms with van der Waals surface area (Å²) < 4.78 is 2.03. The molecule has 0 aromatic carbocycles. The van der Waals surface area contributed by atoms with Crippen LogP contribution in [-0.2, 0) is 11.3 Å². The van der Waals surface area contributed by atoms with Gasteiger partial charge in [-0.05, 0) is 39.0 Å². The fourth-order valence-electron chi connectivity index (χ4n) is 1.74. The Hall–Kier alpha value is -0.970. The highest BCUT2D eigenvalue weighted by Crippen LogP contribution is 2.10. The van der Waals surface area contributed by atoms with Gasteiger partial charge < -0.3 is 5.32 Å². The molecular weight excluding hydrogens is 246 g/mol. The maximum Gasteiger partial charge on any atom is 0.220 e. The van der Waals surface area contributed by atoms with Crippen molar-refractivity contribution in [2.24, 2.45) is 0 Å². The van der Waals surface area contributed by atoms with Gasteiger partial charge in [0.25, 0.3) is 0 Å². The van der Waals surface area contributed by atoms with Crippen molar-refractivity contribution in [3.05, 3.63) is 17.0 Å². The molecule has 18 heavy (non-hydrogen) atoms. The quantitative estimate of drug-likeness (QED) is 0.771. The summed E-state index contributed by atoms with van der Waals surface area (Å²) in [5, 5.41) is 7.41. The van der Waals surface area contributed by atoms with Gasteiger partial charge in [0.05, 0.1) is 5.69 Å². The second kappa shape index (κ2) is 7.46. The minimum Gasteiger partial charge on any atom is -0.356 e. The molecule has 1 aromatic heterocycles. The number of amides is 1. The van der Waals surface area contributed by atoms with Crippen LogP contribution in [0, 0.1) is 20.8 Å². The lowest BCUT2D eigenvalue weighted by molar-refractivity contribution is -0.120. The number of carbonyl (C=O) groups excluding carboxylic acids is 1. The minimum absolute atomic E-state index is 0.147.